The summed E-state index contributed by atoms with van der Waals surface area (Å²) in [4.78, 5) is 9.84. The SMILES string of the molecule is O=CC=Cc1cccnn1. The average molecular weight is 134 g/mol. The lowest BCUT2D eigenvalue weighted by molar-refractivity contribution is -0.104. The maximum absolute atomic E-state index is 9.84. The highest BCUT2D eigenvalue weighted by Gasteiger charge is 1.82. The van der Waals surface area contributed by atoms with E-state index in [1.807, 2.05) is 0 Å². The molecule has 0 aliphatic rings. The number of aldehydes is 1. The number of allylic oxidation sites excluding steroid dienone is 1. The Hall–Kier alpha value is -1.51. The molecular formula is C7H6N2O. The molecule has 0 bridgehead atoms. The lowest BCUT2D eigenvalue weighted by atomic mass is 10.3. The van der Waals surface area contributed by atoms with Crippen LogP contribution in [0.2, 0.25) is 0 Å². The summed E-state index contributed by atoms with van der Waals surface area (Å²) in [6.45, 7) is 0. The second kappa shape index (κ2) is 3.50. The molecule has 1 rings (SSSR count). The number of aromatic nitrogens is 2. The van der Waals surface area contributed by atoms with E-state index >= 15 is 0 Å². The van der Waals surface area contributed by atoms with E-state index in [2.05, 4.69) is 10.2 Å². The Morgan fingerprint density at radius 2 is 2.40 bits per heavy atom. The van der Waals surface area contributed by atoms with Gasteiger partial charge in [0.05, 0.1) is 5.69 Å². The maximum atomic E-state index is 9.84. The second-order valence-corrected chi connectivity index (χ2v) is 1.64. The third kappa shape index (κ3) is 1.78. The van der Waals surface area contributed by atoms with Crippen LogP contribution in [0.5, 0.6) is 0 Å². The molecule has 0 aromatic carbocycles. The van der Waals surface area contributed by atoms with Gasteiger partial charge in [0.25, 0.3) is 0 Å². The number of hydrogen-bond donors (Lipinski definition) is 0. The van der Waals surface area contributed by atoms with Crippen LogP contribution in [0.3, 0.4) is 0 Å². The van der Waals surface area contributed by atoms with Gasteiger partial charge in [-0.2, -0.15) is 10.2 Å². The predicted octanol–water partition coefficient (Wildman–Crippen LogP) is 0.689. The van der Waals surface area contributed by atoms with Crippen molar-refractivity contribution < 1.29 is 4.79 Å². The first-order valence-corrected chi connectivity index (χ1v) is 2.83. The fraction of sp³-hybridized carbons (Fsp3) is 0. The molecule has 0 atom stereocenters. The minimum absolute atomic E-state index is 0.689. The Bertz CT molecular complexity index is 231. The minimum atomic E-state index is 0.689. The molecule has 3 nitrogen and oxygen atoms in total. The molecule has 50 valence electrons. The molecule has 1 aromatic heterocycles. The van der Waals surface area contributed by atoms with Gasteiger partial charge < -0.3 is 0 Å². The fourth-order valence-electron chi connectivity index (χ4n) is 0.540. The summed E-state index contributed by atoms with van der Waals surface area (Å²) < 4.78 is 0. The molecule has 3 heteroatoms. The van der Waals surface area contributed by atoms with Crippen molar-refractivity contribution in [3.05, 3.63) is 30.1 Å². The van der Waals surface area contributed by atoms with Crippen LogP contribution in [0.25, 0.3) is 6.08 Å². The monoisotopic (exact) mass is 134 g/mol. The summed E-state index contributed by atoms with van der Waals surface area (Å²) >= 11 is 0. The predicted molar refractivity (Wildman–Crippen MR) is 37.1 cm³/mol. The maximum Gasteiger partial charge on any atom is 0.142 e. The Balaban J connectivity index is 2.76. The molecule has 0 saturated carbocycles. The number of carbonyl (C=O) groups excluding carboxylic acids is 1. The molecule has 0 amide bonds. The molecular weight excluding hydrogens is 128 g/mol. The lowest BCUT2D eigenvalue weighted by Crippen LogP contribution is -1.81. The van der Waals surface area contributed by atoms with Gasteiger partial charge in [-0.25, -0.2) is 0 Å². The molecule has 1 aromatic rings. The van der Waals surface area contributed by atoms with Crippen molar-refractivity contribution in [1.29, 1.82) is 0 Å². The van der Waals surface area contributed by atoms with Crippen LogP contribution in [0.1, 0.15) is 5.69 Å². The number of nitrogens with zero attached hydrogens (tertiary/aromatic N) is 2. The zero-order valence-electron chi connectivity index (χ0n) is 5.27. The number of hydrogen-bond acceptors (Lipinski definition) is 3. The summed E-state index contributed by atoms with van der Waals surface area (Å²) in [5.41, 5.74) is 0.689. The summed E-state index contributed by atoms with van der Waals surface area (Å²) in [5.74, 6) is 0. The Morgan fingerprint density at radius 1 is 1.50 bits per heavy atom. The molecule has 0 aliphatic heterocycles. The van der Waals surface area contributed by atoms with Gasteiger partial charge in [0.1, 0.15) is 6.29 Å². The van der Waals surface area contributed by atoms with Crippen molar-refractivity contribution in [2.75, 3.05) is 0 Å². The molecule has 0 radical (unpaired) electrons. The van der Waals surface area contributed by atoms with E-state index in [0.29, 0.717) is 12.0 Å². The third-order valence-corrected chi connectivity index (χ3v) is 0.938. The van der Waals surface area contributed by atoms with E-state index in [9.17, 15) is 4.79 Å². The van der Waals surface area contributed by atoms with Gasteiger partial charge in [0.2, 0.25) is 0 Å². The van der Waals surface area contributed by atoms with E-state index in [1.165, 1.54) is 6.08 Å². The van der Waals surface area contributed by atoms with E-state index < -0.39 is 0 Å². The first-order chi connectivity index (χ1) is 4.93. The smallest absolute Gasteiger partial charge is 0.142 e. The summed E-state index contributed by atoms with van der Waals surface area (Å²) in [5, 5.41) is 7.34. The van der Waals surface area contributed by atoms with E-state index in [4.69, 9.17) is 0 Å². The van der Waals surface area contributed by atoms with Crippen molar-refractivity contribution in [3.63, 3.8) is 0 Å². The van der Waals surface area contributed by atoms with Crippen molar-refractivity contribution in [2.24, 2.45) is 0 Å². The van der Waals surface area contributed by atoms with E-state index in [0.717, 1.165) is 0 Å². The summed E-state index contributed by atoms with van der Waals surface area (Å²) in [6.07, 6.45) is 5.26. The van der Waals surface area contributed by atoms with Gasteiger partial charge in [0, 0.05) is 6.20 Å². The first kappa shape index (κ1) is 6.61. The van der Waals surface area contributed by atoms with Crippen molar-refractivity contribution in [1.82, 2.24) is 10.2 Å². The van der Waals surface area contributed by atoms with Crippen molar-refractivity contribution in [2.45, 2.75) is 0 Å². The van der Waals surface area contributed by atoms with Crippen LogP contribution in [-0.4, -0.2) is 16.5 Å². The summed E-state index contributed by atoms with van der Waals surface area (Å²) in [7, 11) is 0. The quantitative estimate of drug-likeness (QED) is 0.441. The van der Waals surface area contributed by atoms with Crippen molar-refractivity contribution in [3.8, 4) is 0 Å². The molecule has 0 N–H and O–H groups in total. The van der Waals surface area contributed by atoms with Gasteiger partial charge in [-0.3, -0.25) is 4.79 Å². The number of rotatable bonds is 2. The topological polar surface area (TPSA) is 42.9 Å². The third-order valence-electron chi connectivity index (χ3n) is 0.938. The van der Waals surface area contributed by atoms with Crippen LogP contribution in [0.4, 0.5) is 0 Å². The van der Waals surface area contributed by atoms with Gasteiger partial charge in [-0.05, 0) is 24.3 Å². The first-order valence-electron chi connectivity index (χ1n) is 2.83. The second-order valence-electron chi connectivity index (χ2n) is 1.64. The van der Waals surface area contributed by atoms with E-state index in [-0.39, 0.29) is 0 Å². The molecule has 1 heterocycles. The lowest BCUT2D eigenvalue weighted by Gasteiger charge is -1.84. The molecule has 10 heavy (non-hydrogen) atoms. The normalized spacial score (nSPS) is 10.0. The Morgan fingerprint density at radius 3 is 3.00 bits per heavy atom. The van der Waals surface area contributed by atoms with Crippen LogP contribution in [-0.2, 0) is 4.79 Å². The van der Waals surface area contributed by atoms with Crippen LogP contribution in [0.15, 0.2) is 24.4 Å². The minimum Gasteiger partial charge on any atom is -0.299 e. The van der Waals surface area contributed by atoms with Gasteiger partial charge >= 0.3 is 0 Å². The summed E-state index contributed by atoms with van der Waals surface area (Å²) in [6, 6.07) is 3.53. The van der Waals surface area contributed by atoms with Crippen molar-refractivity contribution >= 4 is 12.4 Å². The molecule has 0 aliphatic carbocycles. The highest BCUT2D eigenvalue weighted by atomic mass is 16.1. The largest absolute Gasteiger partial charge is 0.299 e. The fourth-order valence-corrected chi connectivity index (χ4v) is 0.540. The Labute approximate surface area is 58.4 Å². The molecule has 0 fully saturated rings. The van der Waals surface area contributed by atoms with Gasteiger partial charge in [-0.1, -0.05) is 0 Å². The van der Waals surface area contributed by atoms with Gasteiger partial charge in [-0.15, -0.1) is 0 Å². The zero-order valence-corrected chi connectivity index (χ0v) is 5.27. The molecule has 0 saturated heterocycles. The molecule has 0 unspecified atom stereocenters. The Kier molecular flexibility index (Phi) is 2.31. The van der Waals surface area contributed by atoms with E-state index in [1.54, 1.807) is 24.4 Å². The standard InChI is InChI=1S/C7H6N2O/c10-6-2-4-7-3-1-5-8-9-7/h1-6H. The van der Waals surface area contributed by atoms with Crippen LogP contribution in [0, 0.1) is 0 Å². The molecule has 0 spiro atoms. The number of carbonyl (C=O) groups is 1. The van der Waals surface area contributed by atoms with Gasteiger partial charge in [0.15, 0.2) is 0 Å². The van der Waals surface area contributed by atoms with Crippen LogP contribution < -0.4 is 0 Å². The van der Waals surface area contributed by atoms with Crippen LogP contribution >= 0.6 is 0 Å². The zero-order chi connectivity index (χ0) is 7.23. The average Bonchev–Trinajstić information content (AvgIpc) is 2.03. The highest BCUT2D eigenvalue weighted by molar-refractivity contribution is 5.72. The highest BCUT2D eigenvalue weighted by Crippen LogP contribution is 1.91.